The van der Waals surface area contributed by atoms with Crippen molar-refractivity contribution in [2.75, 3.05) is 13.1 Å². The van der Waals surface area contributed by atoms with Gasteiger partial charge in [-0.15, -0.1) is 10.2 Å². The number of rotatable bonds is 2. The Balaban J connectivity index is 1.64. The zero-order valence-corrected chi connectivity index (χ0v) is 13.4. The second-order valence-corrected chi connectivity index (χ2v) is 6.88. The summed E-state index contributed by atoms with van der Waals surface area (Å²) < 4.78 is 28.9. The van der Waals surface area contributed by atoms with Gasteiger partial charge in [-0.05, 0) is 30.4 Å². The van der Waals surface area contributed by atoms with Crippen molar-refractivity contribution < 1.29 is 13.6 Å². The molecule has 2 heterocycles. The number of hydrogen-bond acceptors (Lipinski definition) is 3. The van der Waals surface area contributed by atoms with E-state index in [-0.39, 0.29) is 22.8 Å². The maximum atomic E-state index is 14.0. The molecule has 1 aliphatic carbocycles. The maximum Gasteiger partial charge on any atom is 0.256 e. The molecule has 1 aromatic carbocycles. The molecule has 126 valence electrons. The highest BCUT2D eigenvalue weighted by atomic mass is 19.1. The molecule has 2 fully saturated rings. The molecule has 7 heteroatoms. The Labute approximate surface area is 138 Å². The van der Waals surface area contributed by atoms with Crippen LogP contribution in [0.5, 0.6) is 0 Å². The fourth-order valence-electron chi connectivity index (χ4n) is 4.06. The zero-order valence-electron chi connectivity index (χ0n) is 13.4. The van der Waals surface area contributed by atoms with Gasteiger partial charge in [0, 0.05) is 32.1 Å². The first-order chi connectivity index (χ1) is 11.5. The van der Waals surface area contributed by atoms with Crippen molar-refractivity contribution in [3.63, 3.8) is 0 Å². The van der Waals surface area contributed by atoms with Gasteiger partial charge in [0.1, 0.15) is 23.8 Å². The third kappa shape index (κ3) is 2.22. The number of aromatic nitrogens is 3. The number of carbonyl (C=O) groups is 1. The fraction of sp³-hybridized carbons (Fsp3) is 0.471. The van der Waals surface area contributed by atoms with Crippen molar-refractivity contribution >= 4 is 5.91 Å². The van der Waals surface area contributed by atoms with Crippen LogP contribution >= 0.6 is 0 Å². The topological polar surface area (TPSA) is 51.0 Å². The van der Waals surface area contributed by atoms with E-state index in [1.807, 2.05) is 11.6 Å². The predicted octanol–water partition coefficient (Wildman–Crippen LogP) is 2.50. The van der Waals surface area contributed by atoms with Crippen molar-refractivity contribution in [1.82, 2.24) is 19.7 Å². The van der Waals surface area contributed by atoms with Gasteiger partial charge in [-0.25, -0.2) is 8.78 Å². The lowest BCUT2D eigenvalue weighted by molar-refractivity contribution is 0.0719. The van der Waals surface area contributed by atoms with Crippen LogP contribution < -0.4 is 0 Å². The molecule has 2 aromatic rings. The first-order valence-electron chi connectivity index (χ1n) is 8.08. The number of aryl methyl sites for hydroxylation is 1. The Morgan fingerprint density at radius 2 is 2.12 bits per heavy atom. The number of carbonyl (C=O) groups excluding carboxylic acids is 1. The SMILES string of the molecule is Cn1cnnc1C1CN(C(=O)c2ccc(F)cc2F)CC12CCC2. The second kappa shape index (κ2) is 5.36. The average Bonchev–Trinajstić information content (AvgIpc) is 3.09. The number of nitrogens with zero attached hydrogens (tertiary/aromatic N) is 4. The van der Waals surface area contributed by atoms with Gasteiger partial charge in [0.15, 0.2) is 0 Å². The minimum Gasteiger partial charge on any atom is -0.337 e. The molecule has 1 aliphatic heterocycles. The van der Waals surface area contributed by atoms with Crippen molar-refractivity contribution in [2.24, 2.45) is 12.5 Å². The number of halogens is 2. The summed E-state index contributed by atoms with van der Waals surface area (Å²) in [5, 5.41) is 8.17. The molecule has 24 heavy (non-hydrogen) atoms. The van der Waals surface area contributed by atoms with Crippen LogP contribution in [-0.2, 0) is 7.05 Å². The minimum atomic E-state index is -0.815. The molecule has 0 bridgehead atoms. The number of benzene rings is 1. The quantitative estimate of drug-likeness (QED) is 0.849. The lowest BCUT2D eigenvalue weighted by Gasteiger charge is -2.42. The molecule has 1 atom stereocenters. The van der Waals surface area contributed by atoms with Gasteiger partial charge >= 0.3 is 0 Å². The van der Waals surface area contributed by atoms with Crippen LogP contribution in [0.15, 0.2) is 24.5 Å². The lowest BCUT2D eigenvalue weighted by Crippen LogP contribution is -2.38. The van der Waals surface area contributed by atoms with Gasteiger partial charge in [-0.3, -0.25) is 4.79 Å². The molecule has 1 saturated heterocycles. The number of likely N-dealkylation sites (tertiary alicyclic amines) is 1. The van der Waals surface area contributed by atoms with E-state index in [1.54, 1.807) is 11.2 Å². The van der Waals surface area contributed by atoms with E-state index in [0.717, 1.165) is 37.2 Å². The van der Waals surface area contributed by atoms with E-state index in [0.29, 0.717) is 13.1 Å². The first kappa shape index (κ1) is 15.2. The van der Waals surface area contributed by atoms with Crippen molar-refractivity contribution in [3.05, 3.63) is 47.5 Å². The highest BCUT2D eigenvalue weighted by Gasteiger charge is 2.53. The third-order valence-corrected chi connectivity index (χ3v) is 5.50. The van der Waals surface area contributed by atoms with Gasteiger partial charge < -0.3 is 9.47 Å². The van der Waals surface area contributed by atoms with Crippen LogP contribution in [0, 0.1) is 17.0 Å². The van der Waals surface area contributed by atoms with E-state index in [2.05, 4.69) is 10.2 Å². The summed E-state index contributed by atoms with van der Waals surface area (Å²) in [5.41, 5.74) is -0.0723. The largest absolute Gasteiger partial charge is 0.337 e. The Kier molecular flexibility index (Phi) is 3.40. The van der Waals surface area contributed by atoms with E-state index >= 15 is 0 Å². The lowest BCUT2D eigenvalue weighted by atomic mass is 9.62. The molecule has 1 saturated carbocycles. The monoisotopic (exact) mass is 332 g/mol. The van der Waals surface area contributed by atoms with E-state index in [9.17, 15) is 13.6 Å². The molecule has 0 radical (unpaired) electrons. The van der Waals surface area contributed by atoms with Crippen molar-refractivity contribution in [2.45, 2.75) is 25.2 Å². The van der Waals surface area contributed by atoms with E-state index < -0.39 is 11.6 Å². The Morgan fingerprint density at radius 3 is 2.71 bits per heavy atom. The van der Waals surface area contributed by atoms with Crippen LogP contribution in [-0.4, -0.2) is 38.7 Å². The van der Waals surface area contributed by atoms with Crippen LogP contribution in [0.25, 0.3) is 0 Å². The number of hydrogen-bond donors (Lipinski definition) is 0. The fourth-order valence-corrected chi connectivity index (χ4v) is 4.06. The van der Waals surface area contributed by atoms with Gasteiger partial charge in [0.2, 0.25) is 0 Å². The van der Waals surface area contributed by atoms with Gasteiger partial charge in [0.05, 0.1) is 5.56 Å². The molecule has 1 amide bonds. The van der Waals surface area contributed by atoms with Crippen molar-refractivity contribution in [3.8, 4) is 0 Å². The Hall–Kier alpha value is -2.31. The second-order valence-electron chi connectivity index (χ2n) is 6.88. The summed E-state index contributed by atoms with van der Waals surface area (Å²) in [6.07, 6.45) is 4.84. The van der Waals surface area contributed by atoms with E-state index in [1.165, 1.54) is 6.07 Å². The molecule has 4 rings (SSSR count). The molecular formula is C17H18F2N4O. The zero-order chi connectivity index (χ0) is 16.9. The molecule has 1 spiro atoms. The summed E-state index contributed by atoms with van der Waals surface area (Å²) >= 11 is 0. The maximum absolute atomic E-state index is 14.0. The van der Waals surface area contributed by atoms with E-state index in [4.69, 9.17) is 0 Å². The summed E-state index contributed by atoms with van der Waals surface area (Å²) in [6.45, 7) is 1.07. The van der Waals surface area contributed by atoms with Gasteiger partial charge in [0.25, 0.3) is 5.91 Å². The standard InChI is InChI=1S/C17H18F2N4O/c1-22-10-20-21-15(22)13-8-23(9-17(13)5-2-6-17)16(24)12-4-3-11(18)7-14(12)19/h3-4,7,10,13H,2,5-6,8-9H2,1H3. The molecule has 0 N–H and O–H groups in total. The third-order valence-electron chi connectivity index (χ3n) is 5.50. The predicted molar refractivity (Wildman–Crippen MR) is 82.3 cm³/mol. The molecule has 1 unspecified atom stereocenters. The molecule has 1 aromatic heterocycles. The summed E-state index contributed by atoms with van der Waals surface area (Å²) in [5.74, 6) is -0.915. The Morgan fingerprint density at radius 1 is 1.33 bits per heavy atom. The highest BCUT2D eigenvalue weighted by Crippen LogP contribution is 2.55. The molecular weight excluding hydrogens is 314 g/mol. The summed E-state index contributed by atoms with van der Waals surface area (Å²) in [4.78, 5) is 14.4. The van der Waals surface area contributed by atoms with Crippen LogP contribution in [0.1, 0.15) is 41.4 Å². The smallest absolute Gasteiger partial charge is 0.256 e. The molecule has 5 nitrogen and oxygen atoms in total. The van der Waals surface area contributed by atoms with Crippen LogP contribution in [0.2, 0.25) is 0 Å². The first-order valence-corrected chi connectivity index (χ1v) is 8.08. The normalized spacial score (nSPS) is 22.0. The highest BCUT2D eigenvalue weighted by molar-refractivity contribution is 5.94. The minimum absolute atomic E-state index is 0.00690. The van der Waals surface area contributed by atoms with Gasteiger partial charge in [-0.2, -0.15) is 0 Å². The Bertz CT molecular complexity index is 800. The van der Waals surface area contributed by atoms with Gasteiger partial charge in [-0.1, -0.05) is 6.42 Å². The van der Waals surface area contributed by atoms with Crippen LogP contribution in [0.3, 0.4) is 0 Å². The average molecular weight is 332 g/mol. The van der Waals surface area contributed by atoms with Crippen molar-refractivity contribution in [1.29, 1.82) is 0 Å². The summed E-state index contributed by atoms with van der Waals surface area (Å²) in [6, 6.07) is 3.09. The summed E-state index contributed by atoms with van der Waals surface area (Å²) in [7, 11) is 1.89. The van der Waals surface area contributed by atoms with Crippen LogP contribution in [0.4, 0.5) is 8.78 Å². The number of amides is 1. The molecule has 2 aliphatic rings.